The molecule has 1 saturated heterocycles. The fraction of sp³-hybridized carbons (Fsp3) is 0.500. The second kappa shape index (κ2) is 3.83. The minimum atomic E-state index is -0.805. The first-order valence-corrected chi connectivity index (χ1v) is 5.19. The number of benzene rings is 1. The Morgan fingerprint density at radius 2 is 2.13 bits per heavy atom. The van der Waals surface area contributed by atoms with Crippen molar-refractivity contribution in [3.8, 4) is 5.75 Å². The van der Waals surface area contributed by atoms with Crippen LogP contribution in [-0.2, 0) is 10.3 Å². The van der Waals surface area contributed by atoms with Gasteiger partial charge < -0.3 is 14.6 Å². The molecule has 15 heavy (non-hydrogen) atoms. The molecule has 2 rings (SSSR count). The summed E-state index contributed by atoms with van der Waals surface area (Å²) in [6, 6.07) is 7.50. The van der Waals surface area contributed by atoms with Gasteiger partial charge in [0.05, 0.1) is 19.8 Å². The van der Waals surface area contributed by atoms with Crippen LogP contribution in [0.4, 0.5) is 0 Å². The monoisotopic (exact) mass is 208 g/mol. The van der Waals surface area contributed by atoms with Crippen LogP contribution in [0.5, 0.6) is 5.75 Å². The highest BCUT2D eigenvalue weighted by molar-refractivity contribution is 5.32. The first kappa shape index (κ1) is 10.5. The maximum Gasteiger partial charge on any atom is 0.139 e. The summed E-state index contributed by atoms with van der Waals surface area (Å²) in [5, 5.41) is 10.3. The SMILES string of the molecule is CCC1OCC1(O)c1ccc(OC)cc1. The third kappa shape index (κ3) is 1.62. The zero-order valence-electron chi connectivity index (χ0n) is 9.06. The van der Waals surface area contributed by atoms with Gasteiger partial charge in [0.15, 0.2) is 0 Å². The number of methoxy groups -OCH3 is 1. The fourth-order valence-corrected chi connectivity index (χ4v) is 1.96. The molecule has 0 saturated carbocycles. The second-order valence-corrected chi connectivity index (χ2v) is 3.86. The van der Waals surface area contributed by atoms with Gasteiger partial charge in [-0.2, -0.15) is 0 Å². The van der Waals surface area contributed by atoms with Crippen LogP contribution in [0.3, 0.4) is 0 Å². The van der Waals surface area contributed by atoms with E-state index >= 15 is 0 Å². The highest BCUT2D eigenvalue weighted by Gasteiger charge is 2.47. The smallest absolute Gasteiger partial charge is 0.139 e. The van der Waals surface area contributed by atoms with E-state index in [4.69, 9.17) is 9.47 Å². The molecule has 82 valence electrons. The van der Waals surface area contributed by atoms with Gasteiger partial charge >= 0.3 is 0 Å². The average Bonchev–Trinajstić information content (AvgIpc) is 2.27. The van der Waals surface area contributed by atoms with Crippen molar-refractivity contribution in [2.75, 3.05) is 13.7 Å². The van der Waals surface area contributed by atoms with Crippen molar-refractivity contribution in [1.29, 1.82) is 0 Å². The molecule has 1 aromatic carbocycles. The minimum absolute atomic E-state index is 0.0779. The van der Waals surface area contributed by atoms with Crippen molar-refractivity contribution in [2.24, 2.45) is 0 Å². The van der Waals surface area contributed by atoms with Crippen molar-refractivity contribution < 1.29 is 14.6 Å². The molecule has 1 heterocycles. The maximum atomic E-state index is 10.3. The van der Waals surface area contributed by atoms with Crippen molar-refractivity contribution >= 4 is 0 Å². The van der Waals surface area contributed by atoms with Crippen LogP contribution in [0, 0.1) is 0 Å². The highest BCUT2D eigenvalue weighted by Crippen LogP contribution is 2.38. The Labute approximate surface area is 89.6 Å². The van der Waals surface area contributed by atoms with Gasteiger partial charge in [0, 0.05) is 0 Å². The minimum Gasteiger partial charge on any atom is -0.497 e. The molecular weight excluding hydrogens is 192 g/mol. The fourth-order valence-electron chi connectivity index (χ4n) is 1.96. The van der Waals surface area contributed by atoms with Gasteiger partial charge in [-0.05, 0) is 24.1 Å². The molecule has 0 radical (unpaired) electrons. The molecule has 3 nitrogen and oxygen atoms in total. The van der Waals surface area contributed by atoms with Crippen LogP contribution >= 0.6 is 0 Å². The summed E-state index contributed by atoms with van der Waals surface area (Å²) in [4.78, 5) is 0. The van der Waals surface area contributed by atoms with Crippen LogP contribution in [0.25, 0.3) is 0 Å². The quantitative estimate of drug-likeness (QED) is 0.821. The highest BCUT2D eigenvalue weighted by atomic mass is 16.6. The zero-order valence-corrected chi connectivity index (χ0v) is 9.06. The predicted octanol–water partition coefficient (Wildman–Crippen LogP) is 1.69. The van der Waals surface area contributed by atoms with Crippen molar-refractivity contribution in [1.82, 2.24) is 0 Å². The van der Waals surface area contributed by atoms with Crippen molar-refractivity contribution in [2.45, 2.75) is 25.0 Å². The topological polar surface area (TPSA) is 38.7 Å². The normalized spacial score (nSPS) is 29.7. The summed E-state index contributed by atoms with van der Waals surface area (Å²) < 4.78 is 10.4. The van der Waals surface area contributed by atoms with Gasteiger partial charge in [-0.3, -0.25) is 0 Å². The van der Waals surface area contributed by atoms with Crippen LogP contribution < -0.4 is 4.74 Å². The molecule has 0 bridgehead atoms. The van der Waals surface area contributed by atoms with E-state index in [-0.39, 0.29) is 6.10 Å². The lowest BCUT2D eigenvalue weighted by atomic mass is 9.83. The van der Waals surface area contributed by atoms with Crippen LogP contribution in [-0.4, -0.2) is 24.9 Å². The molecule has 2 unspecified atom stereocenters. The number of ether oxygens (including phenoxy) is 2. The Morgan fingerprint density at radius 3 is 2.53 bits per heavy atom. The van der Waals surface area contributed by atoms with E-state index in [0.29, 0.717) is 6.61 Å². The van der Waals surface area contributed by atoms with Crippen LogP contribution in [0.15, 0.2) is 24.3 Å². The van der Waals surface area contributed by atoms with E-state index in [1.807, 2.05) is 31.2 Å². The van der Waals surface area contributed by atoms with E-state index in [1.54, 1.807) is 7.11 Å². The van der Waals surface area contributed by atoms with E-state index in [9.17, 15) is 5.11 Å². The van der Waals surface area contributed by atoms with Crippen molar-refractivity contribution in [3.63, 3.8) is 0 Å². The average molecular weight is 208 g/mol. The van der Waals surface area contributed by atoms with Gasteiger partial charge in [0.2, 0.25) is 0 Å². The number of aliphatic hydroxyl groups is 1. The summed E-state index contributed by atoms with van der Waals surface area (Å²) in [7, 11) is 1.63. The number of rotatable bonds is 3. The van der Waals surface area contributed by atoms with E-state index in [1.165, 1.54) is 0 Å². The largest absolute Gasteiger partial charge is 0.497 e. The van der Waals surface area contributed by atoms with Gasteiger partial charge in [-0.25, -0.2) is 0 Å². The molecule has 0 aliphatic carbocycles. The second-order valence-electron chi connectivity index (χ2n) is 3.86. The lowest BCUT2D eigenvalue weighted by Crippen LogP contribution is -2.55. The molecule has 0 aromatic heterocycles. The molecular formula is C12H16O3. The first-order chi connectivity index (χ1) is 7.20. The summed E-state index contributed by atoms with van der Waals surface area (Å²) in [5.74, 6) is 0.802. The molecule has 1 aliphatic heterocycles. The molecule has 2 atom stereocenters. The Hall–Kier alpha value is -1.06. The van der Waals surface area contributed by atoms with E-state index in [0.717, 1.165) is 17.7 Å². The number of hydrogen-bond donors (Lipinski definition) is 1. The summed E-state index contributed by atoms with van der Waals surface area (Å²) in [5.41, 5.74) is 0.0995. The summed E-state index contributed by atoms with van der Waals surface area (Å²) in [6.45, 7) is 2.40. The maximum absolute atomic E-state index is 10.3. The number of hydrogen-bond acceptors (Lipinski definition) is 3. The standard InChI is InChI=1S/C12H16O3/c1-3-11-12(13,8-15-11)9-4-6-10(14-2)7-5-9/h4-7,11,13H,3,8H2,1-2H3. The molecule has 0 amide bonds. The summed E-state index contributed by atoms with van der Waals surface area (Å²) >= 11 is 0. The lowest BCUT2D eigenvalue weighted by Gasteiger charge is -2.45. The van der Waals surface area contributed by atoms with Gasteiger partial charge in [0.25, 0.3) is 0 Å². The van der Waals surface area contributed by atoms with Crippen LogP contribution in [0.2, 0.25) is 0 Å². The first-order valence-electron chi connectivity index (χ1n) is 5.19. The third-order valence-corrected chi connectivity index (χ3v) is 3.00. The van der Waals surface area contributed by atoms with Gasteiger partial charge in [-0.15, -0.1) is 0 Å². The van der Waals surface area contributed by atoms with E-state index < -0.39 is 5.60 Å². The third-order valence-electron chi connectivity index (χ3n) is 3.00. The Bertz CT molecular complexity index is 331. The molecule has 1 aliphatic rings. The predicted molar refractivity (Wildman–Crippen MR) is 56.9 cm³/mol. The summed E-state index contributed by atoms with van der Waals surface area (Å²) in [6.07, 6.45) is 0.744. The zero-order chi connectivity index (χ0) is 10.9. The molecule has 3 heteroatoms. The molecule has 0 spiro atoms. The Balaban J connectivity index is 2.22. The molecule has 1 aromatic rings. The molecule has 1 N–H and O–H groups in total. The van der Waals surface area contributed by atoms with E-state index in [2.05, 4.69) is 0 Å². The van der Waals surface area contributed by atoms with Crippen LogP contribution in [0.1, 0.15) is 18.9 Å². The van der Waals surface area contributed by atoms with Gasteiger partial charge in [0.1, 0.15) is 11.4 Å². The lowest BCUT2D eigenvalue weighted by molar-refractivity contribution is -0.245. The van der Waals surface area contributed by atoms with Gasteiger partial charge in [-0.1, -0.05) is 19.1 Å². The van der Waals surface area contributed by atoms with Crippen molar-refractivity contribution in [3.05, 3.63) is 29.8 Å². The Kier molecular flexibility index (Phi) is 2.67. The molecule has 1 fully saturated rings. The Morgan fingerprint density at radius 1 is 1.47 bits per heavy atom.